The highest BCUT2D eigenvalue weighted by atomic mass is 16.1. The van der Waals surface area contributed by atoms with Crippen molar-refractivity contribution in [3.63, 3.8) is 0 Å². The van der Waals surface area contributed by atoms with Crippen LogP contribution in [0.2, 0.25) is 0 Å². The monoisotopic (exact) mass is 376 g/mol. The van der Waals surface area contributed by atoms with Crippen molar-refractivity contribution in [1.29, 1.82) is 0 Å². The number of piperidine rings is 1. The summed E-state index contributed by atoms with van der Waals surface area (Å²) in [5.41, 5.74) is 2.67. The second-order valence-electron chi connectivity index (χ2n) is 7.10. The minimum absolute atomic E-state index is 0.116. The van der Waals surface area contributed by atoms with Gasteiger partial charge < -0.3 is 15.2 Å². The van der Waals surface area contributed by atoms with E-state index in [1.807, 2.05) is 37.3 Å². The van der Waals surface area contributed by atoms with E-state index in [2.05, 4.69) is 31.2 Å². The van der Waals surface area contributed by atoms with Gasteiger partial charge in [-0.25, -0.2) is 15.0 Å². The molecule has 1 saturated heterocycles. The first-order chi connectivity index (χ1) is 13.7. The van der Waals surface area contributed by atoms with Crippen LogP contribution in [0.4, 0.5) is 5.82 Å². The number of hydrogen-bond donors (Lipinski definition) is 2. The number of hydrogen-bond acceptors (Lipinski definition) is 6. The third kappa shape index (κ3) is 4.43. The number of aromatic nitrogens is 4. The lowest BCUT2D eigenvalue weighted by molar-refractivity contribution is 0.410. The summed E-state index contributed by atoms with van der Waals surface area (Å²) in [6, 6.07) is 14.1. The number of anilines is 1. The molecule has 3 heterocycles. The van der Waals surface area contributed by atoms with Gasteiger partial charge in [0.25, 0.3) is 5.56 Å². The Morgan fingerprint density at radius 1 is 1.14 bits per heavy atom. The average Bonchev–Trinajstić information content (AvgIpc) is 2.73. The van der Waals surface area contributed by atoms with E-state index in [1.54, 1.807) is 0 Å². The summed E-state index contributed by atoms with van der Waals surface area (Å²) in [6.45, 7) is 4.50. The van der Waals surface area contributed by atoms with Crippen LogP contribution in [0.15, 0.2) is 53.6 Å². The van der Waals surface area contributed by atoms with Gasteiger partial charge in [0, 0.05) is 49.1 Å². The standard InChI is InChI=1S/C21H24N6O/c1-15-11-19(26-21(25-15)16-5-3-2-4-6-16)27-9-7-17(8-10-27)22-13-18-12-20(28)24-14-23-18/h2-6,11-12,14,17,22H,7-10,13H2,1H3,(H,23,24,28). The molecule has 0 spiro atoms. The third-order valence-electron chi connectivity index (χ3n) is 5.00. The summed E-state index contributed by atoms with van der Waals surface area (Å²) in [4.78, 5) is 29.8. The van der Waals surface area contributed by atoms with Crippen LogP contribution in [0, 0.1) is 6.92 Å². The van der Waals surface area contributed by atoms with E-state index in [0.29, 0.717) is 12.6 Å². The Morgan fingerprint density at radius 3 is 2.68 bits per heavy atom. The predicted molar refractivity (Wildman–Crippen MR) is 109 cm³/mol. The van der Waals surface area contributed by atoms with Gasteiger partial charge in [0.05, 0.1) is 12.0 Å². The van der Waals surface area contributed by atoms with Gasteiger partial charge in [0.15, 0.2) is 5.82 Å². The lowest BCUT2D eigenvalue weighted by Gasteiger charge is -2.33. The Morgan fingerprint density at radius 2 is 1.93 bits per heavy atom. The molecule has 1 aliphatic rings. The molecule has 0 bridgehead atoms. The molecule has 3 aromatic rings. The van der Waals surface area contributed by atoms with Crippen LogP contribution < -0.4 is 15.8 Å². The van der Waals surface area contributed by atoms with Crippen molar-refractivity contribution in [1.82, 2.24) is 25.3 Å². The maximum atomic E-state index is 11.4. The SMILES string of the molecule is Cc1cc(N2CCC(NCc3cc(=O)[nH]cn3)CC2)nc(-c2ccccc2)n1. The number of aromatic amines is 1. The second-order valence-corrected chi connectivity index (χ2v) is 7.10. The number of aryl methyl sites for hydroxylation is 1. The first-order valence-electron chi connectivity index (χ1n) is 9.60. The zero-order valence-electron chi connectivity index (χ0n) is 15.9. The molecule has 7 nitrogen and oxygen atoms in total. The maximum absolute atomic E-state index is 11.4. The first kappa shape index (κ1) is 18.3. The fourth-order valence-electron chi connectivity index (χ4n) is 3.50. The molecule has 2 aromatic heterocycles. The van der Waals surface area contributed by atoms with Crippen molar-refractivity contribution in [2.75, 3.05) is 18.0 Å². The Labute approximate surface area is 163 Å². The van der Waals surface area contributed by atoms with Crippen LogP contribution in [0.1, 0.15) is 24.2 Å². The van der Waals surface area contributed by atoms with E-state index < -0.39 is 0 Å². The van der Waals surface area contributed by atoms with Crippen molar-refractivity contribution < 1.29 is 0 Å². The van der Waals surface area contributed by atoms with E-state index in [1.165, 1.54) is 12.4 Å². The van der Waals surface area contributed by atoms with Crippen molar-refractivity contribution in [3.05, 3.63) is 70.5 Å². The quantitative estimate of drug-likeness (QED) is 0.711. The van der Waals surface area contributed by atoms with E-state index in [-0.39, 0.29) is 5.56 Å². The Balaban J connectivity index is 1.38. The normalized spacial score (nSPS) is 15.0. The van der Waals surface area contributed by atoms with Gasteiger partial charge in [-0.15, -0.1) is 0 Å². The summed E-state index contributed by atoms with van der Waals surface area (Å²) in [5.74, 6) is 1.76. The molecular formula is C21H24N6O. The van der Waals surface area contributed by atoms with Crippen LogP contribution in [0.3, 0.4) is 0 Å². The number of nitrogens with zero attached hydrogens (tertiary/aromatic N) is 4. The smallest absolute Gasteiger partial charge is 0.250 e. The highest BCUT2D eigenvalue weighted by Crippen LogP contribution is 2.23. The largest absolute Gasteiger partial charge is 0.356 e. The molecule has 7 heteroatoms. The van der Waals surface area contributed by atoms with E-state index in [9.17, 15) is 4.79 Å². The molecule has 1 fully saturated rings. The van der Waals surface area contributed by atoms with Crippen LogP contribution in [-0.2, 0) is 6.54 Å². The molecule has 0 unspecified atom stereocenters. The Bertz CT molecular complexity index is 979. The first-order valence-corrected chi connectivity index (χ1v) is 9.60. The maximum Gasteiger partial charge on any atom is 0.250 e. The highest BCUT2D eigenvalue weighted by Gasteiger charge is 2.21. The van der Waals surface area contributed by atoms with Crippen molar-refractivity contribution in [2.24, 2.45) is 0 Å². The molecule has 1 aromatic carbocycles. The molecule has 0 aliphatic carbocycles. The number of H-pyrrole nitrogens is 1. The molecule has 0 saturated carbocycles. The van der Waals surface area contributed by atoms with Crippen LogP contribution >= 0.6 is 0 Å². The van der Waals surface area contributed by atoms with Gasteiger partial charge in [0.1, 0.15) is 5.82 Å². The van der Waals surface area contributed by atoms with Crippen LogP contribution in [0.5, 0.6) is 0 Å². The summed E-state index contributed by atoms with van der Waals surface area (Å²) in [6.07, 6.45) is 3.49. The topological polar surface area (TPSA) is 86.8 Å². The lowest BCUT2D eigenvalue weighted by Crippen LogP contribution is -2.42. The molecular weight excluding hydrogens is 352 g/mol. The molecule has 28 heavy (non-hydrogen) atoms. The van der Waals surface area contributed by atoms with Gasteiger partial charge >= 0.3 is 0 Å². The number of rotatable bonds is 5. The molecule has 1 aliphatic heterocycles. The van der Waals surface area contributed by atoms with E-state index >= 15 is 0 Å². The van der Waals surface area contributed by atoms with Crippen molar-refractivity contribution >= 4 is 5.82 Å². The molecule has 4 rings (SSSR count). The minimum Gasteiger partial charge on any atom is -0.356 e. The van der Waals surface area contributed by atoms with Gasteiger partial charge in [-0.2, -0.15) is 0 Å². The fraction of sp³-hybridized carbons (Fsp3) is 0.333. The summed E-state index contributed by atoms with van der Waals surface area (Å²) < 4.78 is 0. The summed E-state index contributed by atoms with van der Waals surface area (Å²) >= 11 is 0. The van der Waals surface area contributed by atoms with Crippen LogP contribution in [-0.4, -0.2) is 39.1 Å². The molecule has 144 valence electrons. The van der Waals surface area contributed by atoms with Gasteiger partial charge in [-0.3, -0.25) is 4.79 Å². The fourth-order valence-corrected chi connectivity index (χ4v) is 3.50. The molecule has 0 radical (unpaired) electrons. The zero-order chi connectivity index (χ0) is 19.3. The van der Waals surface area contributed by atoms with Gasteiger partial charge in [-0.05, 0) is 19.8 Å². The number of benzene rings is 1. The van der Waals surface area contributed by atoms with Crippen molar-refractivity contribution in [3.8, 4) is 11.4 Å². The summed E-state index contributed by atoms with van der Waals surface area (Å²) in [7, 11) is 0. The molecule has 0 amide bonds. The Kier molecular flexibility index (Phi) is 5.43. The van der Waals surface area contributed by atoms with E-state index in [0.717, 1.165) is 54.5 Å². The number of nitrogens with one attached hydrogen (secondary N) is 2. The molecule has 0 atom stereocenters. The van der Waals surface area contributed by atoms with Gasteiger partial charge in [0.2, 0.25) is 0 Å². The van der Waals surface area contributed by atoms with Gasteiger partial charge in [-0.1, -0.05) is 30.3 Å². The van der Waals surface area contributed by atoms with Crippen LogP contribution in [0.25, 0.3) is 11.4 Å². The predicted octanol–water partition coefficient (Wildman–Crippen LogP) is 2.29. The second kappa shape index (κ2) is 8.31. The minimum atomic E-state index is -0.116. The zero-order valence-corrected chi connectivity index (χ0v) is 15.9. The van der Waals surface area contributed by atoms with E-state index in [4.69, 9.17) is 4.98 Å². The average molecular weight is 376 g/mol. The third-order valence-corrected chi connectivity index (χ3v) is 5.00. The Hall–Kier alpha value is -3.06. The summed E-state index contributed by atoms with van der Waals surface area (Å²) in [5, 5.41) is 3.51. The molecule has 2 N–H and O–H groups in total. The van der Waals surface area contributed by atoms with Crippen molar-refractivity contribution in [2.45, 2.75) is 32.4 Å². The lowest BCUT2D eigenvalue weighted by atomic mass is 10.0. The highest BCUT2D eigenvalue weighted by molar-refractivity contribution is 5.57.